The van der Waals surface area contributed by atoms with Gasteiger partial charge < -0.3 is 4.42 Å². The summed E-state index contributed by atoms with van der Waals surface area (Å²) in [4.78, 5) is 0. The monoisotopic (exact) mass is 527 g/mol. The zero-order valence-corrected chi connectivity index (χ0v) is 22.2. The van der Waals surface area contributed by atoms with Crippen LogP contribution in [0.5, 0.6) is 0 Å². The highest BCUT2D eigenvalue weighted by molar-refractivity contribution is 7.25. The maximum absolute atomic E-state index is 9.88. The molecule has 2 aromatic heterocycles. The van der Waals surface area contributed by atoms with Gasteiger partial charge in [-0.1, -0.05) is 66.7 Å². The normalized spacial score (nSPS) is 11.5. The molecular formula is C37H21NOS. The third-order valence-electron chi connectivity index (χ3n) is 7.71. The number of hydrogen-bond donors (Lipinski definition) is 0. The van der Waals surface area contributed by atoms with Gasteiger partial charge in [0, 0.05) is 30.9 Å². The van der Waals surface area contributed by atoms with Crippen molar-refractivity contribution in [2.75, 3.05) is 0 Å². The molecule has 3 heteroatoms. The first-order valence-electron chi connectivity index (χ1n) is 13.2. The predicted molar refractivity (Wildman–Crippen MR) is 168 cm³/mol. The lowest BCUT2D eigenvalue weighted by Crippen LogP contribution is -1.89. The van der Waals surface area contributed by atoms with Gasteiger partial charge in [-0.15, -0.1) is 11.3 Å². The SMILES string of the molecule is N#Cc1ccccc1-c1cc(-c2ccc3oc4ccccc4c3c2)cc(-c2ccc3sc4ccccc4c3c2)c1. The van der Waals surface area contributed by atoms with Crippen molar-refractivity contribution < 1.29 is 4.42 Å². The van der Waals surface area contributed by atoms with E-state index in [0.717, 1.165) is 55.3 Å². The Morgan fingerprint density at radius 1 is 0.475 bits per heavy atom. The van der Waals surface area contributed by atoms with Crippen LogP contribution >= 0.6 is 11.3 Å². The van der Waals surface area contributed by atoms with Crippen molar-refractivity contribution >= 4 is 53.4 Å². The zero-order valence-electron chi connectivity index (χ0n) is 21.4. The van der Waals surface area contributed by atoms with Gasteiger partial charge in [-0.2, -0.15) is 5.26 Å². The fourth-order valence-corrected chi connectivity index (χ4v) is 6.85. The van der Waals surface area contributed by atoms with Crippen molar-refractivity contribution in [2.24, 2.45) is 0 Å². The molecule has 40 heavy (non-hydrogen) atoms. The Kier molecular flexibility index (Phi) is 5.10. The molecule has 0 fully saturated rings. The maximum Gasteiger partial charge on any atom is 0.135 e. The lowest BCUT2D eigenvalue weighted by molar-refractivity contribution is 0.669. The second-order valence-electron chi connectivity index (χ2n) is 10.1. The van der Waals surface area contributed by atoms with Crippen LogP contribution in [0.3, 0.4) is 0 Å². The minimum atomic E-state index is 0.668. The average Bonchev–Trinajstić information content (AvgIpc) is 3.58. The summed E-state index contributed by atoms with van der Waals surface area (Å²) in [5.41, 5.74) is 8.89. The van der Waals surface area contributed by atoms with Crippen LogP contribution < -0.4 is 0 Å². The molecule has 0 N–H and O–H groups in total. The molecule has 0 aliphatic heterocycles. The minimum absolute atomic E-state index is 0.668. The molecule has 2 nitrogen and oxygen atoms in total. The van der Waals surface area contributed by atoms with E-state index >= 15 is 0 Å². The molecule has 0 spiro atoms. The van der Waals surface area contributed by atoms with Crippen LogP contribution in [-0.2, 0) is 0 Å². The molecule has 0 saturated carbocycles. The van der Waals surface area contributed by atoms with E-state index in [2.05, 4.69) is 91.0 Å². The molecule has 2 heterocycles. The Balaban J connectivity index is 1.37. The topological polar surface area (TPSA) is 36.9 Å². The quantitative estimate of drug-likeness (QED) is 0.229. The van der Waals surface area contributed by atoms with Crippen molar-refractivity contribution in [1.82, 2.24) is 0 Å². The Morgan fingerprint density at radius 2 is 1.10 bits per heavy atom. The number of thiophene rings is 1. The summed E-state index contributed by atoms with van der Waals surface area (Å²) in [7, 11) is 0. The minimum Gasteiger partial charge on any atom is -0.456 e. The third kappa shape index (κ3) is 3.62. The van der Waals surface area contributed by atoms with Crippen LogP contribution in [0.25, 0.3) is 75.5 Å². The molecule has 0 aliphatic carbocycles. The summed E-state index contributed by atoms with van der Waals surface area (Å²) in [6.07, 6.45) is 0. The molecule has 0 bridgehead atoms. The number of para-hydroxylation sites is 1. The van der Waals surface area contributed by atoms with Crippen molar-refractivity contribution in [2.45, 2.75) is 0 Å². The predicted octanol–water partition coefficient (Wildman–Crippen LogP) is 10.8. The van der Waals surface area contributed by atoms with Gasteiger partial charge in [-0.05, 0) is 94.0 Å². The van der Waals surface area contributed by atoms with Crippen molar-refractivity contribution in [3.05, 3.63) is 133 Å². The highest BCUT2D eigenvalue weighted by atomic mass is 32.1. The van der Waals surface area contributed by atoms with E-state index in [1.54, 1.807) is 0 Å². The Labute approximate surface area is 235 Å². The second kappa shape index (κ2) is 8.95. The fraction of sp³-hybridized carbons (Fsp3) is 0. The molecule has 0 amide bonds. The van der Waals surface area contributed by atoms with E-state index in [1.165, 1.54) is 20.2 Å². The number of rotatable bonds is 3. The van der Waals surface area contributed by atoms with Crippen molar-refractivity contribution in [3.8, 4) is 39.4 Å². The average molecular weight is 528 g/mol. The summed E-state index contributed by atoms with van der Waals surface area (Å²) >= 11 is 1.83. The number of hydrogen-bond acceptors (Lipinski definition) is 3. The first-order chi connectivity index (χ1) is 19.7. The molecule has 8 aromatic rings. The standard InChI is InChI=1S/C37H21NOS/c38-22-25-7-1-2-8-29(25)28-18-26(23-13-15-35-32(20-23)30-9-3-5-11-34(30)39-35)17-27(19-28)24-14-16-37-33(21-24)31-10-4-6-12-36(31)40-37/h1-21H. The molecular weight excluding hydrogens is 506 g/mol. The Morgan fingerprint density at radius 3 is 1.95 bits per heavy atom. The second-order valence-corrected chi connectivity index (χ2v) is 11.2. The Hall–Kier alpha value is -5.17. The third-order valence-corrected chi connectivity index (χ3v) is 8.86. The number of furan rings is 1. The Bertz CT molecular complexity index is 2160. The van der Waals surface area contributed by atoms with Gasteiger partial charge in [0.15, 0.2) is 0 Å². The van der Waals surface area contributed by atoms with Gasteiger partial charge in [0.05, 0.1) is 11.6 Å². The highest BCUT2D eigenvalue weighted by Crippen LogP contribution is 2.40. The van der Waals surface area contributed by atoms with Gasteiger partial charge in [0.25, 0.3) is 0 Å². The van der Waals surface area contributed by atoms with E-state index < -0.39 is 0 Å². The molecule has 0 saturated heterocycles. The summed E-state index contributed by atoms with van der Waals surface area (Å²) < 4.78 is 8.68. The number of nitrogens with zero attached hydrogens (tertiary/aromatic N) is 1. The molecule has 0 atom stereocenters. The summed E-state index contributed by atoms with van der Waals surface area (Å²) in [6.45, 7) is 0. The number of benzene rings is 6. The van der Waals surface area contributed by atoms with Crippen molar-refractivity contribution in [1.29, 1.82) is 5.26 Å². The van der Waals surface area contributed by atoms with Crippen LogP contribution in [0.4, 0.5) is 0 Å². The van der Waals surface area contributed by atoms with Gasteiger partial charge in [-0.3, -0.25) is 0 Å². The molecule has 0 radical (unpaired) electrons. The number of fused-ring (bicyclic) bond motifs is 6. The molecule has 186 valence electrons. The zero-order chi connectivity index (χ0) is 26.6. The lowest BCUT2D eigenvalue weighted by atomic mass is 9.91. The van der Waals surface area contributed by atoms with Crippen molar-refractivity contribution in [3.63, 3.8) is 0 Å². The summed E-state index contributed by atoms with van der Waals surface area (Å²) in [6, 6.07) is 46.8. The van der Waals surface area contributed by atoms with Crippen LogP contribution in [0.15, 0.2) is 132 Å². The van der Waals surface area contributed by atoms with Crippen LogP contribution in [0, 0.1) is 11.3 Å². The van der Waals surface area contributed by atoms with E-state index in [-0.39, 0.29) is 0 Å². The molecule has 0 aliphatic rings. The van der Waals surface area contributed by atoms with Crippen LogP contribution in [0.2, 0.25) is 0 Å². The van der Waals surface area contributed by atoms with Gasteiger partial charge in [0.2, 0.25) is 0 Å². The lowest BCUT2D eigenvalue weighted by Gasteiger charge is -2.13. The van der Waals surface area contributed by atoms with Gasteiger partial charge in [-0.25, -0.2) is 0 Å². The molecule has 6 aromatic carbocycles. The van der Waals surface area contributed by atoms with E-state index in [4.69, 9.17) is 4.42 Å². The fourth-order valence-electron chi connectivity index (χ4n) is 5.76. The van der Waals surface area contributed by atoms with Gasteiger partial charge in [0.1, 0.15) is 11.2 Å². The molecule has 0 unspecified atom stereocenters. The summed E-state index contributed by atoms with van der Waals surface area (Å²) in [5.74, 6) is 0. The van der Waals surface area contributed by atoms with Crippen LogP contribution in [-0.4, -0.2) is 0 Å². The maximum atomic E-state index is 9.88. The first-order valence-corrected chi connectivity index (χ1v) is 14.0. The molecule has 8 rings (SSSR count). The number of nitriles is 1. The van der Waals surface area contributed by atoms with E-state index in [9.17, 15) is 5.26 Å². The van der Waals surface area contributed by atoms with E-state index in [0.29, 0.717) is 5.56 Å². The van der Waals surface area contributed by atoms with Gasteiger partial charge >= 0.3 is 0 Å². The highest BCUT2D eigenvalue weighted by Gasteiger charge is 2.14. The van der Waals surface area contributed by atoms with Crippen LogP contribution in [0.1, 0.15) is 5.56 Å². The largest absolute Gasteiger partial charge is 0.456 e. The first kappa shape index (κ1) is 22.8. The smallest absolute Gasteiger partial charge is 0.135 e. The van der Waals surface area contributed by atoms with E-state index in [1.807, 2.05) is 53.8 Å². The summed E-state index contributed by atoms with van der Waals surface area (Å²) in [5, 5.41) is 14.7.